The zero-order valence-electron chi connectivity index (χ0n) is 74.6. The number of para-hydroxylation sites is 1. The van der Waals surface area contributed by atoms with E-state index in [1.807, 2.05) is 80.3 Å². The Kier molecular flexibility index (Phi) is 20.1. The molecule has 0 bridgehead atoms. The quantitative estimate of drug-likeness (QED) is 0.100. The molecule has 15 heterocycles. The van der Waals surface area contributed by atoms with Gasteiger partial charge in [0.1, 0.15) is 5.15 Å². The average molecular weight is 1790 g/mol. The Labute approximate surface area is 784 Å². The molecule has 656 valence electrons. The van der Waals surface area contributed by atoms with Crippen molar-refractivity contribution in [3.05, 3.63) is 329 Å². The Morgan fingerprint density at radius 1 is 0.221 bits per heavy atom. The molecule has 0 atom stereocenters. The Morgan fingerprint density at radius 3 is 1.07 bits per heavy atom. The summed E-state index contributed by atoms with van der Waals surface area (Å²) in [6.45, 7) is 0. The van der Waals surface area contributed by atoms with Gasteiger partial charge in [-0.3, -0.25) is 40.4 Å². The topological polar surface area (TPSA) is 272 Å². The summed E-state index contributed by atoms with van der Waals surface area (Å²) >= 11 is 6.26. The molecule has 0 amide bonds. The number of pyridine rings is 10. The Bertz CT molecular complexity index is 8650. The van der Waals surface area contributed by atoms with Crippen LogP contribution in [0, 0.1) is 0 Å². The van der Waals surface area contributed by atoms with Crippen molar-refractivity contribution in [2.24, 2.45) is 0 Å². The number of aryl methyl sites for hydroxylation is 5. The van der Waals surface area contributed by atoms with Crippen LogP contribution in [-0.4, -0.2) is 101 Å². The number of nitrogens with zero attached hydrogens (tertiary/aromatic N) is 15. The van der Waals surface area contributed by atoms with E-state index in [2.05, 4.69) is 253 Å². The molecule has 5 N–H and O–H groups in total. The molecule has 136 heavy (non-hydrogen) atoms. The zero-order chi connectivity index (χ0) is 89.8. The minimum atomic E-state index is 0.542. The van der Waals surface area contributed by atoms with Crippen LogP contribution in [-0.2, 0) is 64.2 Å². The molecule has 30 rings (SSSR count). The molecular weight excluding hydrogens is 1700 g/mol. The van der Waals surface area contributed by atoms with Crippen LogP contribution in [0.3, 0.4) is 0 Å². The van der Waals surface area contributed by atoms with Crippen LogP contribution in [0.25, 0.3) is 219 Å². The molecule has 0 saturated carbocycles. The van der Waals surface area contributed by atoms with Crippen LogP contribution in [0.4, 0.5) is 0 Å². The van der Waals surface area contributed by atoms with Crippen molar-refractivity contribution >= 4 is 175 Å². The van der Waals surface area contributed by atoms with Gasteiger partial charge in [0.25, 0.3) is 0 Å². The van der Waals surface area contributed by atoms with Gasteiger partial charge >= 0.3 is 0 Å². The second kappa shape index (κ2) is 33.9. The van der Waals surface area contributed by atoms with Gasteiger partial charge in [-0.1, -0.05) is 90.5 Å². The number of rotatable bonds is 5. The van der Waals surface area contributed by atoms with E-state index < -0.39 is 0 Å². The molecule has 0 aliphatic heterocycles. The van der Waals surface area contributed by atoms with Crippen molar-refractivity contribution in [3.63, 3.8) is 0 Å². The third-order valence-corrected chi connectivity index (χ3v) is 29.3. The van der Waals surface area contributed by atoms with E-state index in [-0.39, 0.29) is 0 Å². The van der Waals surface area contributed by atoms with Crippen LogP contribution in [0.15, 0.2) is 268 Å². The minimum absolute atomic E-state index is 0.542. The fraction of sp³-hybridized carbons (Fsp3) is 0.174. The standard InChI is InChI=1S/C23H17ClN4.4C23H18N4/c24-23-15-6-5-14(11-13(15)9-10-25-23)22-17-4-2-1-3-16(17)21-18-12-26-28-19(18)7-8-20(21)27-22;1-4-8-18-14(5-1)9-10-21(25-18)23-16-7-3-2-6-15(16)22-17-13-24-27-19(17)11-12-20(22)26-23;1-2-6-16-15(5-1)22-19-13-25-27-20(19)8-9-21(22)26-23(16)17-7-3-4-14-10-11-24-12-18(14)17;1-2-4-18-17(3-1)22-19-13-25-27-20(19)7-8-21(22)26-23(18)15-5-6-16-12-24-10-9-14(16)11-15;1-2-4-18-17(3-1)22-19-13-25-27-20(19)7-8-21(22)26-23(18)15-6-5-14-9-10-24-12-16(14)11-15/h5-12H,1-4H2,(H,26,28);1,4-5,8-13H,2-3,6-7H2,(H,24,27);3-4,7-13H,1-2,5-6H2,(H,25,27);2*5-13H,1-4H2,(H,25,27). The second-order valence-corrected chi connectivity index (χ2v) is 37.1. The highest BCUT2D eigenvalue weighted by atomic mass is 35.5. The minimum Gasteiger partial charge on any atom is -0.278 e. The van der Waals surface area contributed by atoms with Crippen LogP contribution in [0.5, 0.6) is 0 Å². The molecule has 20 nitrogen and oxygen atoms in total. The first-order valence-electron chi connectivity index (χ1n) is 47.6. The maximum atomic E-state index is 6.26. The first kappa shape index (κ1) is 80.8. The first-order valence-corrected chi connectivity index (χ1v) is 48.0. The molecule has 5 aliphatic rings. The lowest BCUT2D eigenvalue weighted by Gasteiger charge is -2.22. The zero-order valence-corrected chi connectivity index (χ0v) is 75.4. The van der Waals surface area contributed by atoms with Gasteiger partial charge in [-0.2, -0.15) is 25.5 Å². The Hall–Kier alpha value is -16.1. The third kappa shape index (κ3) is 14.1. The predicted octanol–water partition coefficient (Wildman–Crippen LogP) is 26.7. The maximum absolute atomic E-state index is 6.26. The van der Waals surface area contributed by atoms with Gasteiger partial charge in [0.05, 0.1) is 126 Å². The fourth-order valence-electron chi connectivity index (χ4n) is 22.7. The van der Waals surface area contributed by atoms with Crippen LogP contribution in [0.2, 0.25) is 5.15 Å². The van der Waals surface area contributed by atoms with E-state index in [1.54, 1.807) is 6.20 Å². The molecule has 0 spiro atoms. The normalized spacial score (nSPS) is 14.1. The fourth-order valence-corrected chi connectivity index (χ4v) is 22.9. The summed E-state index contributed by atoms with van der Waals surface area (Å²) in [7, 11) is 0. The number of aromatic nitrogens is 20. The molecular formula is C115H89ClN20. The smallest absolute Gasteiger partial charge is 0.136 e. The van der Waals surface area contributed by atoms with Gasteiger partial charge in [0, 0.05) is 146 Å². The summed E-state index contributed by atoms with van der Waals surface area (Å²) in [5, 5.41) is 59.9. The number of H-pyrrole nitrogens is 5. The Morgan fingerprint density at radius 2 is 0.581 bits per heavy atom. The third-order valence-electron chi connectivity index (χ3n) is 29.0. The van der Waals surface area contributed by atoms with E-state index in [9.17, 15) is 0 Å². The second-order valence-electron chi connectivity index (χ2n) is 36.8. The summed E-state index contributed by atoms with van der Waals surface area (Å²) in [6, 6.07) is 67.7. The van der Waals surface area contributed by atoms with E-state index >= 15 is 0 Å². The number of benzene rings is 10. The summed E-state index contributed by atoms with van der Waals surface area (Å²) in [5.74, 6) is 0. The van der Waals surface area contributed by atoms with Gasteiger partial charge in [-0.25, -0.2) is 34.9 Å². The van der Waals surface area contributed by atoms with Gasteiger partial charge < -0.3 is 0 Å². The van der Waals surface area contributed by atoms with Crippen LogP contribution < -0.4 is 0 Å². The van der Waals surface area contributed by atoms with E-state index in [1.165, 1.54) is 212 Å². The van der Waals surface area contributed by atoms with Crippen molar-refractivity contribution in [3.8, 4) is 56.4 Å². The predicted molar refractivity (Wildman–Crippen MR) is 549 cm³/mol. The largest absolute Gasteiger partial charge is 0.278 e. The lowest BCUT2D eigenvalue weighted by atomic mass is 9.85. The van der Waals surface area contributed by atoms with E-state index in [4.69, 9.17) is 41.5 Å². The number of halogens is 1. The molecule has 0 radical (unpaired) electrons. The highest BCUT2D eigenvalue weighted by Crippen LogP contribution is 2.47. The molecule has 0 fully saturated rings. The van der Waals surface area contributed by atoms with Crippen molar-refractivity contribution in [1.82, 2.24) is 101 Å². The molecule has 21 heteroatoms. The molecule has 0 unspecified atom stereocenters. The first-order chi connectivity index (χ1) is 67.3. The van der Waals surface area contributed by atoms with Crippen molar-refractivity contribution in [2.45, 2.75) is 128 Å². The summed E-state index contributed by atoms with van der Waals surface area (Å²) in [6.07, 6.45) is 46.0. The van der Waals surface area contributed by atoms with Crippen molar-refractivity contribution < 1.29 is 0 Å². The summed E-state index contributed by atoms with van der Waals surface area (Å²) < 4.78 is 0. The number of hydrogen-bond donors (Lipinski definition) is 5. The number of nitrogens with one attached hydrogen (secondary N) is 5. The van der Waals surface area contributed by atoms with Crippen LogP contribution >= 0.6 is 11.6 Å². The SMILES string of the molecule is Clc1nccc2cc(-c3nc4ccc5[nH]ncc5c4c4c3CCCC4)ccc12.c1cc(-c2nc3ccc4[nH]ncc4c3c3c2CCCC3)c2cnccc2c1.c1cc2cc(-c3nc4ccc5[nH]ncc5c4c4c3CCCC4)ccc2cn1.c1cc2ccc(-c3nc4ccc5[nH]ncc5c4c4c3CCCC4)cc2cn1.c1ccc2nc(-c3nc4ccc5[nH]ncc5c4c4c3CCCC4)ccc2c1. The highest BCUT2D eigenvalue weighted by molar-refractivity contribution is 6.34. The van der Waals surface area contributed by atoms with Gasteiger partial charge in [0.2, 0.25) is 0 Å². The van der Waals surface area contributed by atoms with Crippen LogP contribution in [0.1, 0.15) is 120 Å². The van der Waals surface area contributed by atoms with Gasteiger partial charge in [0.15, 0.2) is 0 Å². The Balaban J connectivity index is 0.0000000882. The summed E-state index contributed by atoms with van der Waals surface area (Å²) in [5.41, 5.74) is 37.1. The lowest BCUT2D eigenvalue weighted by Crippen LogP contribution is -2.08. The summed E-state index contributed by atoms with van der Waals surface area (Å²) in [4.78, 5) is 47.7. The lowest BCUT2D eigenvalue weighted by molar-refractivity contribution is 0.689. The van der Waals surface area contributed by atoms with Crippen molar-refractivity contribution in [2.75, 3.05) is 0 Å². The van der Waals surface area contributed by atoms with Crippen molar-refractivity contribution in [1.29, 1.82) is 0 Å². The maximum Gasteiger partial charge on any atom is 0.136 e. The molecule has 5 aliphatic carbocycles. The van der Waals surface area contributed by atoms with E-state index in [0.29, 0.717) is 5.15 Å². The number of aromatic amines is 5. The number of fused-ring (bicyclic) bond motifs is 30. The van der Waals surface area contributed by atoms with Gasteiger partial charge in [-0.15, -0.1) is 0 Å². The average Bonchev–Trinajstić information content (AvgIpc) is 1.40. The molecule has 15 aromatic heterocycles. The molecule has 0 saturated heterocycles. The molecule has 25 aromatic rings. The molecule has 10 aromatic carbocycles. The van der Waals surface area contributed by atoms with E-state index in [0.717, 1.165) is 192 Å². The highest BCUT2D eigenvalue weighted by Gasteiger charge is 2.29. The number of hydrogen-bond acceptors (Lipinski definition) is 15. The monoisotopic (exact) mass is 1780 g/mol. The van der Waals surface area contributed by atoms with Gasteiger partial charge in [-0.05, 0) is 321 Å².